The maximum atomic E-state index is 12.7. The van der Waals surface area contributed by atoms with Crippen LogP contribution >= 0.6 is 11.3 Å². The fourth-order valence-electron chi connectivity index (χ4n) is 3.53. The lowest BCUT2D eigenvalue weighted by Gasteiger charge is -2.03. The first kappa shape index (κ1) is 19.3. The lowest BCUT2D eigenvalue weighted by Crippen LogP contribution is -2.27. The summed E-state index contributed by atoms with van der Waals surface area (Å²) in [4.78, 5) is 26.6. The monoisotopic (exact) mass is 432 g/mol. The molecular formula is C22H20N6O2S. The van der Waals surface area contributed by atoms with Crippen LogP contribution in [0.4, 0.5) is 0 Å². The summed E-state index contributed by atoms with van der Waals surface area (Å²) in [6.07, 6.45) is 2.31. The van der Waals surface area contributed by atoms with Crippen LogP contribution in [0, 0.1) is 6.92 Å². The summed E-state index contributed by atoms with van der Waals surface area (Å²) in [6, 6.07) is 17.2. The Balaban J connectivity index is 1.26. The van der Waals surface area contributed by atoms with Crippen LogP contribution in [0.15, 0.2) is 65.6 Å². The van der Waals surface area contributed by atoms with Gasteiger partial charge >= 0.3 is 5.69 Å². The highest BCUT2D eigenvalue weighted by Gasteiger charge is 2.17. The molecule has 0 fully saturated rings. The number of amides is 1. The number of thiophene rings is 1. The predicted molar refractivity (Wildman–Crippen MR) is 120 cm³/mol. The van der Waals surface area contributed by atoms with Crippen LogP contribution in [0.5, 0.6) is 0 Å². The Hall–Kier alpha value is -3.72. The van der Waals surface area contributed by atoms with E-state index in [9.17, 15) is 9.59 Å². The minimum Gasteiger partial charge on any atom is -0.351 e. The van der Waals surface area contributed by atoms with Crippen LogP contribution < -0.4 is 11.0 Å². The van der Waals surface area contributed by atoms with Crippen LogP contribution in [0.2, 0.25) is 0 Å². The first-order valence-corrected chi connectivity index (χ1v) is 10.8. The molecule has 0 aliphatic rings. The van der Waals surface area contributed by atoms with Crippen LogP contribution in [0.1, 0.15) is 21.8 Å². The number of rotatable bonds is 6. The molecule has 0 spiro atoms. The van der Waals surface area contributed by atoms with Gasteiger partial charge in [-0.1, -0.05) is 24.3 Å². The molecule has 0 aliphatic heterocycles. The van der Waals surface area contributed by atoms with Gasteiger partial charge in [-0.3, -0.25) is 9.20 Å². The predicted octanol–water partition coefficient (Wildman–Crippen LogP) is 3.02. The first-order valence-electron chi connectivity index (χ1n) is 9.99. The zero-order chi connectivity index (χ0) is 21.4. The van der Waals surface area contributed by atoms with Crippen molar-refractivity contribution in [3.05, 3.63) is 81.8 Å². The minimum absolute atomic E-state index is 0.123. The molecule has 1 amide bonds. The SMILES string of the molecule is Cc1nn(-c2ccccc2)c2sc(C(=O)NCCCn3nc4ccccn4c3=O)cc12. The van der Waals surface area contributed by atoms with E-state index in [1.54, 1.807) is 18.3 Å². The number of pyridine rings is 1. The third kappa shape index (κ3) is 3.53. The molecule has 0 saturated carbocycles. The average Bonchev–Trinajstić information content (AvgIpc) is 3.46. The Morgan fingerprint density at radius 2 is 1.90 bits per heavy atom. The van der Waals surface area contributed by atoms with E-state index in [2.05, 4.69) is 15.5 Å². The second kappa shape index (κ2) is 7.84. The summed E-state index contributed by atoms with van der Waals surface area (Å²) < 4.78 is 4.81. The van der Waals surface area contributed by atoms with Gasteiger partial charge in [0.2, 0.25) is 0 Å². The number of aryl methyl sites for hydroxylation is 2. The maximum absolute atomic E-state index is 12.7. The van der Waals surface area contributed by atoms with Crippen LogP contribution in [0.25, 0.3) is 21.6 Å². The second-order valence-corrected chi connectivity index (χ2v) is 8.24. The molecule has 0 aliphatic carbocycles. The van der Waals surface area contributed by atoms with Crippen LogP contribution in [0.3, 0.4) is 0 Å². The Bertz CT molecular complexity index is 1440. The molecule has 5 rings (SSSR count). The fourth-order valence-corrected chi connectivity index (χ4v) is 4.63. The Kier molecular flexibility index (Phi) is 4.87. The molecular weight excluding hydrogens is 412 g/mol. The molecule has 0 saturated heterocycles. The summed E-state index contributed by atoms with van der Waals surface area (Å²) in [7, 11) is 0. The van der Waals surface area contributed by atoms with E-state index in [4.69, 9.17) is 0 Å². The van der Waals surface area contributed by atoms with E-state index in [0.717, 1.165) is 21.6 Å². The van der Waals surface area contributed by atoms with Gasteiger partial charge in [-0.15, -0.1) is 16.4 Å². The van der Waals surface area contributed by atoms with Crippen molar-refractivity contribution < 1.29 is 4.79 Å². The summed E-state index contributed by atoms with van der Waals surface area (Å²) in [5.41, 5.74) is 2.30. The summed E-state index contributed by atoms with van der Waals surface area (Å²) in [5.74, 6) is -0.123. The van der Waals surface area contributed by atoms with Crippen molar-refractivity contribution in [2.45, 2.75) is 19.9 Å². The third-order valence-corrected chi connectivity index (χ3v) is 6.20. The van der Waals surface area contributed by atoms with E-state index in [0.29, 0.717) is 30.0 Å². The number of hydrogen-bond donors (Lipinski definition) is 1. The normalized spacial score (nSPS) is 11.4. The smallest absolute Gasteiger partial charge is 0.350 e. The van der Waals surface area contributed by atoms with Crippen molar-refractivity contribution in [3.8, 4) is 5.69 Å². The number of para-hydroxylation sites is 1. The highest BCUT2D eigenvalue weighted by atomic mass is 32.1. The zero-order valence-electron chi connectivity index (χ0n) is 16.9. The number of carbonyl (C=O) groups is 1. The van der Waals surface area contributed by atoms with Crippen molar-refractivity contribution in [1.82, 2.24) is 29.3 Å². The lowest BCUT2D eigenvalue weighted by molar-refractivity contribution is 0.0956. The van der Waals surface area contributed by atoms with Gasteiger partial charge in [0.1, 0.15) is 4.83 Å². The number of aromatic nitrogens is 5. The Labute approximate surface area is 181 Å². The molecule has 0 radical (unpaired) electrons. The molecule has 4 aromatic heterocycles. The largest absolute Gasteiger partial charge is 0.351 e. The number of carbonyl (C=O) groups excluding carboxylic acids is 1. The van der Waals surface area contributed by atoms with E-state index < -0.39 is 0 Å². The fraction of sp³-hybridized carbons (Fsp3) is 0.182. The summed E-state index contributed by atoms with van der Waals surface area (Å²) in [5, 5.41) is 12.8. The average molecular weight is 433 g/mol. The second-order valence-electron chi connectivity index (χ2n) is 7.21. The van der Waals surface area contributed by atoms with Crippen LogP contribution in [-0.4, -0.2) is 36.4 Å². The molecule has 8 nitrogen and oxygen atoms in total. The molecule has 1 N–H and O–H groups in total. The summed E-state index contributed by atoms with van der Waals surface area (Å²) >= 11 is 1.43. The van der Waals surface area contributed by atoms with Gasteiger partial charge in [0.25, 0.3) is 5.91 Å². The maximum Gasteiger partial charge on any atom is 0.350 e. The van der Waals surface area contributed by atoms with Gasteiger partial charge in [0.05, 0.1) is 16.3 Å². The first-order chi connectivity index (χ1) is 15.1. The quantitative estimate of drug-likeness (QED) is 0.418. The van der Waals surface area contributed by atoms with Crippen molar-refractivity contribution in [2.75, 3.05) is 6.54 Å². The van der Waals surface area contributed by atoms with E-state index >= 15 is 0 Å². The zero-order valence-corrected chi connectivity index (χ0v) is 17.7. The molecule has 0 atom stereocenters. The number of fused-ring (bicyclic) bond motifs is 2. The summed E-state index contributed by atoms with van der Waals surface area (Å²) in [6.45, 7) is 2.84. The van der Waals surface area contributed by atoms with Crippen molar-refractivity contribution in [2.24, 2.45) is 0 Å². The third-order valence-electron chi connectivity index (χ3n) is 5.09. The van der Waals surface area contributed by atoms with Crippen molar-refractivity contribution in [3.63, 3.8) is 0 Å². The van der Waals surface area contributed by atoms with Gasteiger partial charge in [-0.05, 0) is 43.7 Å². The van der Waals surface area contributed by atoms with Gasteiger partial charge in [-0.25, -0.2) is 14.2 Å². The number of nitrogens with one attached hydrogen (secondary N) is 1. The van der Waals surface area contributed by atoms with Gasteiger partial charge < -0.3 is 5.32 Å². The molecule has 1 aromatic carbocycles. The number of benzene rings is 1. The number of nitrogens with zero attached hydrogens (tertiary/aromatic N) is 5. The standard InChI is InChI=1S/C22H20N6O2S/c1-15-17-14-18(31-21(17)28(24-15)16-8-3-2-4-9-16)20(29)23-11-7-13-27-22(30)26-12-6-5-10-19(26)25-27/h2-6,8-10,12,14H,7,11,13H2,1H3,(H,23,29). The molecule has 9 heteroatoms. The van der Waals surface area contributed by atoms with Crippen molar-refractivity contribution >= 4 is 33.1 Å². The van der Waals surface area contributed by atoms with Crippen molar-refractivity contribution in [1.29, 1.82) is 0 Å². The van der Waals surface area contributed by atoms with Gasteiger partial charge in [0, 0.05) is 24.7 Å². The molecule has 31 heavy (non-hydrogen) atoms. The van der Waals surface area contributed by atoms with Gasteiger partial charge in [0.15, 0.2) is 5.65 Å². The Morgan fingerprint density at radius 1 is 1.10 bits per heavy atom. The Morgan fingerprint density at radius 3 is 2.71 bits per heavy atom. The molecule has 156 valence electrons. The topological polar surface area (TPSA) is 86.2 Å². The molecule has 0 bridgehead atoms. The molecule has 5 aromatic rings. The molecule has 4 heterocycles. The van der Waals surface area contributed by atoms with E-state index in [1.807, 2.05) is 54.1 Å². The van der Waals surface area contributed by atoms with Gasteiger partial charge in [-0.2, -0.15) is 5.10 Å². The van der Waals surface area contributed by atoms with E-state index in [-0.39, 0.29) is 11.6 Å². The van der Waals surface area contributed by atoms with Crippen LogP contribution in [-0.2, 0) is 6.54 Å². The highest BCUT2D eigenvalue weighted by Crippen LogP contribution is 2.30. The highest BCUT2D eigenvalue weighted by molar-refractivity contribution is 7.20. The minimum atomic E-state index is -0.174. The molecule has 0 unspecified atom stereocenters. The number of hydrogen-bond acceptors (Lipinski definition) is 5. The lowest BCUT2D eigenvalue weighted by atomic mass is 10.3. The van der Waals surface area contributed by atoms with E-state index in [1.165, 1.54) is 20.4 Å².